The molecule has 1 atom stereocenters. The van der Waals surface area contributed by atoms with Gasteiger partial charge in [-0.2, -0.15) is 0 Å². The Morgan fingerprint density at radius 2 is 1.92 bits per heavy atom. The van der Waals surface area contributed by atoms with Gasteiger partial charge in [-0.1, -0.05) is 29.8 Å². The Balaban J connectivity index is 3.02. The molecule has 0 fully saturated rings. The van der Waals surface area contributed by atoms with Crippen LogP contribution in [0, 0.1) is 0 Å². The van der Waals surface area contributed by atoms with Gasteiger partial charge >= 0.3 is 0 Å². The molecule has 0 bridgehead atoms. The summed E-state index contributed by atoms with van der Waals surface area (Å²) in [7, 11) is 0. The van der Waals surface area contributed by atoms with E-state index in [0.29, 0.717) is 10.6 Å². The van der Waals surface area contributed by atoms with Crippen molar-refractivity contribution in [1.82, 2.24) is 0 Å². The molecule has 1 aromatic rings. The van der Waals surface area contributed by atoms with Crippen molar-refractivity contribution < 1.29 is 4.79 Å². The van der Waals surface area contributed by atoms with Gasteiger partial charge in [0.2, 0.25) is 5.24 Å². The first-order valence-corrected chi connectivity index (χ1v) is 4.40. The van der Waals surface area contributed by atoms with Crippen molar-refractivity contribution >= 4 is 40.0 Å². The fourth-order valence-electron chi connectivity index (χ4n) is 0.803. The molecular formula is C8H5Cl3O. The third-order valence-corrected chi connectivity index (χ3v) is 2.48. The maximum Gasteiger partial charge on any atom is 0.244 e. The molecule has 1 aromatic carbocycles. The molecule has 0 spiro atoms. The highest BCUT2D eigenvalue weighted by Crippen LogP contribution is 2.28. The van der Waals surface area contributed by atoms with Crippen LogP contribution in [-0.4, -0.2) is 5.24 Å². The number of halogens is 3. The van der Waals surface area contributed by atoms with Crippen LogP contribution in [0.15, 0.2) is 24.3 Å². The van der Waals surface area contributed by atoms with Crippen LogP contribution in [0.3, 0.4) is 0 Å². The Bertz CT molecular complexity index is 298. The van der Waals surface area contributed by atoms with Gasteiger partial charge < -0.3 is 0 Å². The Morgan fingerprint density at radius 1 is 1.33 bits per heavy atom. The molecular weight excluding hydrogens is 218 g/mol. The standard InChI is InChI=1S/C8H5Cl3O/c9-6-4-2-1-3-5(6)7(10)8(11)12/h1-4,7H. The number of hydrogen-bond acceptors (Lipinski definition) is 1. The van der Waals surface area contributed by atoms with Crippen molar-refractivity contribution in [3.63, 3.8) is 0 Å². The van der Waals surface area contributed by atoms with E-state index >= 15 is 0 Å². The zero-order chi connectivity index (χ0) is 9.14. The molecule has 1 unspecified atom stereocenters. The predicted octanol–water partition coefficient (Wildman–Crippen LogP) is 3.39. The zero-order valence-electron chi connectivity index (χ0n) is 5.93. The SMILES string of the molecule is O=C(Cl)C(Cl)c1ccccc1Cl. The summed E-state index contributed by atoms with van der Waals surface area (Å²) in [6, 6.07) is 6.83. The monoisotopic (exact) mass is 222 g/mol. The average Bonchev–Trinajstić information content (AvgIpc) is 2.04. The molecule has 0 saturated carbocycles. The molecule has 1 nitrogen and oxygen atoms in total. The number of rotatable bonds is 2. The molecule has 0 N–H and O–H groups in total. The quantitative estimate of drug-likeness (QED) is 0.555. The van der Waals surface area contributed by atoms with Gasteiger partial charge in [0, 0.05) is 5.02 Å². The Labute approximate surface area is 85.2 Å². The molecule has 0 aliphatic carbocycles. The van der Waals surface area contributed by atoms with Gasteiger partial charge in [0.1, 0.15) is 5.38 Å². The Hall–Kier alpha value is -0.240. The summed E-state index contributed by atoms with van der Waals surface area (Å²) in [6.07, 6.45) is 0. The number of carbonyl (C=O) groups excluding carboxylic acids is 1. The van der Waals surface area contributed by atoms with Crippen LogP contribution in [0.5, 0.6) is 0 Å². The van der Waals surface area contributed by atoms with Crippen LogP contribution in [0.1, 0.15) is 10.9 Å². The van der Waals surface area contributed by atoms with Crippen LogP contribution >= 0.6 is 34.8 Å². The average molecular weight is 223 g/mol. The number of hydrogen-bond donors (Lipinski definition) is 0. The second-order valence-electron chi connectivity index (χ2n) is 2.19. The lowest BCUT2D eigenvalue weighted by atomic mass is 10.2. The van der Waals surface area contributed by atoms with Gasteiger partial charge in [0.05, 0.1) is 0 Å². The maximum atomic E-state index is 10.7. The van der Waals surface area contributed by atoms with Gasteiger partial charge in [0.15, 0.2) is 0 Å². The maximum absolute atomic E-state index is 10.7. The molecule has 0 saturated heterocycles. The number of carbonyl (C=O) groups is 1. The van der Waals surface area contributed by atoms with Gasteiger partial charge in [-0.3, -0.25) is 4.79 Å². The number of benzene rings is 1. The van der Waals surface area contributed by atoms with Crippen LogP contribution in [-0.2, 0) is 4.79 Å². The summed E-state index contributed by atoms with van der Waals surface area (Å²) >= 11 is 16.7. The summed E-state index contributed by atoms with van der Waals surface area (Å²) in [5.41, 5.74) is 0.542. The lowest BCUT2D eigenvalue weighted by molar-refractivity contribution is -0.111. The van der Waals surface area contributed by atoms with E-state index in [4.69, 9.17) is 34.8 Å². The Morgan fingerprint density at radius 3 is 2.42 bits per heavy atom. The summed E-state index contributed by atoms with van der Waals surface area (Å²) < 4.78 is 0. The molecule has 0 aliphatic heterocycles. The van der Waals surface area contributed by atoms with E-state index < -0.39 is 10.6 Å². The first-order chi connectivity index (χ1) is 5.63. The minimum atomic E-state index is -0.861. The minimum Gasteiger partial charge on any atom is -0.279 e. The topological polar surface area (TPSA) is 17.1 Å². The van der Waals surface area contributed by atoms with Crippen molar-refractivity contribution in [3.8, 4) is 0 Å². The molecule has 0 heterocycles. The normalized spacial score (nSPS) is 12.6. The lowest BCUT2D eigenvalue weighted by Gasteiger charge is -2.05. The second-order valence-corrected chi connectivity index (χ2v) is 3.40. The van der Waals surface area contributed by atoms with E-state index in [-0.39, 0.29) is 0 Å². The highest BCUT2D eigenvalue weighted by molar-refractivity contribution is 6.69. The molecule has 1 rings (SSSR count). The first kappa shape index (κ1) is 9.85. The minimum absolute atomic E-state index is 0.450. The second kappa shape index (κ2) is 4.13. The zero-order valence-corrected chi connectivity index (χ0v) is 8.20. The molecule has 0 aliphatic rings. The van der Waals surface area contributed by atoms with Gasteiger partial charge in [-0.25, -0.2) is 0 Å². The smallest absolute Gasteiger partial charge is 0.244 e. The molecule has 64 valence electrons. The predicted molar refractivity (Wildman–Crippen MR) is 50.9 cm³/mol. The summed E-state index contributed by atoms with van der Waals surface area (Å²) in [5, 5.41) is -1.03. The van der Waals surface area contributed by atoms with E-state index in [9.17, 15) is 4.79 Å². The van der Waals surface area contributed by atoms with E-state index in [1.807, 2.05) is 0 Å². The van der Waals surface area contributed by atoms with E-state index in [1.54, 1.807) is 24.3 Å². The Kier molecular flexibility index (Phi) is 3.39. The molecule has 0 amide bonds. The van der Waals surface area contributed by atoms with E-state index in [0.717, 1.165) is 0 Å². The van der Waals surface area contributed by atoms with Crippen molar-refractivity contribution in [2.24, 2.45) is 0 Å². The molecule has 0 aromatic heterocycles. The van der Waals surface area contributed by atoms with Crippen molar-refractivity contribution in [1.29, 1.82) is 0 Å². The van der Waals surface area contributed by atoms with Gasteiger partial charge in [-0.05, 0) is 23.2 Å². The van der Waals surface area contributed by atoms with Crippen LogP contribution in [0.4, 0.5) is 0 Å². The van der Waals surface area contributed by atoms with Crippen molar-refractivity contribution in [3.05, 3.63) is 34.9 Å². The molecule has 0 radical (unpaired) electrons. The van der Waals surface area contributed by atoms with Gasteiger partial charge in [-0.15, -0.1) is 11.6 Å². The van der Waals surface area contributed by atoms with E-state index in [1.165, 1.54) is 0 Å². The summed E-state index contributed by atoms with van der Waals surface area (Å²) in [4.78, 5) is 10.7. The largest absolute Gasteiger partial charge is 0.279 e. The molecule has 4 heteroatoms. The van der Waals surface area contributed by atoms with Gasteiger partial charge in [0.25, 0.3) is 0 Å². The fourth-order valence-corrected chi connectivity index (χ4v) is 1.41. The van der Waals surface area contributed by atoms with E-state index in [2.05, 4.69) is 0 Å². The third kappa shape index (κ3) is 2.13. The van der Waals surface area contributed by atoms with Crippen LogP contribution in [0.25, 0.3) is 0 Å². The third-order valence-electron chi connectivity index (χ3n) is 1.38. The highest BCUT2D eigenvalue weighted by Gasteiger charge is 2.17. The first-order valence-electron chi connectivity index (χ1n) is 3.21. The van der Waals surface area contributed by atoms with Crippen LogP contribution < -0.4 is 0 Å². The van der Waals surface area contributed by atoms with Crippen molar-refractivity contribution in [2.75, 3.05) is 0 Å². The fraction of sp³-hybridized carbons (Fsp3) is 0.125. The number of alkyl halides is 1. The van der Waals surface area contributed by atoms with Crippen molar-refractivity contribution in [2.45, 2.75) is 5.38 Å². The summed E-state index contributed by atoms with van der Waals surface area (Å²) in [5.74, 6) is 0. The van der Waals surface area contributed by atoms with Crippen LogP contribution in [0.2, 0.25) is 5.02 Å². The molecule has 12 heavy (non-hydrogen) atoms. The lowest BCUT2D eigenvalue weighted by Crippen LogP contribution is -1.99. The summed E-state index contributed by atoms with van der Waals surface area (Å²) in [6.45, 7) is 0. The highest BCUT2D eigenvalue weighted by atomic mass is 35.5.